The standard InChI is InChI=1S/C14H21BrClN/c1-11(12-5-7-13(16)8-6-12)17(4)10-14(2,3)9-15/h5-8,11H,9-10H2,1-4H3. The van der Waals surface area contributed by atoms with Gasteiger partial charge in [0.25, 0.3) is 0 Å². The van der Waals surface area contributed by atoms with Gasteiger partial charge in [0.2, 0.25) is 0 Å². The van der Waals surface area contributed by atoms with Crippen molar-refractivity contribution in [2.75, 3.05) is 18.9 Å². The van der Waals surface area contributed by atoms with E-state index in [0.717, 1.165) is 16.9 Å². The maximum Gasteiger partial charge on any atom is 0.0406 e. The van der Waals surface area contributed by atoms with Gasteiger partial charge in [0, 0.05) is 22.9 Å². The maximum atomic E-state index is 5.91. The molecule has 0 saturated carbocycles. The lowest BCUT2D eigenvalue weighted by molar-refractivity contribution is 0.186. The Balaban J connectivity index is 2.69. The van der Waals surface area contributed by atoms with Crippen LogP contribution in [0.2, 0.25) is 5.02 Å². The van der Waals surface area contributed by atoms with Gasteiger partial charge in [0.1, 0.15) is 0 Å². The van der Waals surface area contributed by atoms with Crippen LogP contribution in [0, 0.1) is 5.41 Å². The second-order valence-corrected chi connectivity index (χ2v) is 6.44. The van der Waals surface area contributed by atoms with Crippen molar-refractivity contribution in [3.63, 3.8) is 0 Å². The van der Waals surface area contributed by atoms with Crippen LogP contribution in [0.25, 0.3) is 0 Å². The van der Waals surface area contributed by atoms with Crippen molar-refractivity contribution < 1.29 is 0 Å². The summed E-state index contributed by atoms with van der Waals surface area (Å²) < 4.78 is 0. The monoisotopic (exact) mass is 317 g/mol. The number of hydrogen-bond donors (Lipinski definition) is 0. The second kappa shape index (κ2) is 6.21. The van der Waals surface area contributed by atoms with Crippen molar-refractivity contribution in [2.24, 2.45) is 5.41 Å². The third-order valence-corrected chi connectivity index (χ3v) is 4.82. The van der Waals surface area contributed by atoms with Crippen LogP contribution in [0.5, 0.6) is 0 Å². The van der Waals surface area contributed by atoms with Crippen LogP contribution < -0.4 is 0 Å². The molecule has 0 saturated heterocycles. The van der Waals surface area contributed by atoms with Crippen molar-refractivity contribution in [1.82, 2.24) is 4.90 Å². The van der Waals surface area contributed by atoms with Gasteiger partial charge in [-0.2, -0.15) is 0 Å². The molecule has 1 aromatic carbocycles. The Morgan fingerprint density at radius 2 is 1.82 bits per heavy atom. The minimum Gasteiger partial charge on any atom is -0.299 e. The Labute approximate surface area is 118 Å². The number of nitrogens with zero attached hydrogens (tertiary/aromatic N) is 1. The van der Waals surface area contributed by atoms with E-state index in [-0.39, 0.29) is 5.41 Å². The maximum absolute atomic E-state index is 5.91. The van der Waals surface area contributed by atoms with Gasteiger partial charge in [0.05, 0.1) is 0 Å². The van der Waals surface area contributed by atoms with Crippen LogP contribution in [-0.4, -0.2) is 23.8 Å². The molecule has 1 aromatic rings. The highest BCUT2D eigenvalue weighted by molar-refractivity contribution is 9.09. The summed E-state index contributed by atoms with van der Waals surface area (Å²) in [6.45, 7) is 7.83. The molecule has 0 N–H and O–H groups in total. The zero-order chi connectivity index (χ0) is 13.1. The van der Waals surface area contributed by atoms with Crippen LogP contribution in [0.4, 0.5) is 0 Å². The zero-order valence-corrected chi connectivity index (χ0v) is 13.3. The van der Waals surface area contributed by atoms with E-state index in [0.29, 0.717) is 6.04 Å². The van der Waals surface area contributed by atoms with E-state index in [1.807, 2.05) is 12.1 Å². The van der Waals surface area contributed by atoms with Crippen LogP contribution in [0.3, 0.4) is 0 Å². The van der Waals surface area contributed by atoms with Crippen LogP contribution in [0.1, 0.15) is 32.4 Å². The summed E-state index contributed by atoms with van der Waals surface area (Å²) in [6.07, 6.45) is 0. The minimum atomic E-state index is 0.287. The van der Waals surface area contributed by atoms with Crippen LogP contribution in [-0.2, 0) is 0 Å². The van der Waals surface area contributed by atoms with Crippen molar-refractivity contribution in [1.29, 1.82) is 0 Å². The summed E-state index contributed by atoms with van der Waals surface area (Å²) in [4.78, 5) is 2.38. The Kier molecular flexibility index (Phi) is 5.49. The van der Waals surface area contributed by atoms with E-state index in [2.05, 4.69) is 60.8 Å². The van der Waals surface area contributed by atoms with Crippen molar-refractivity contribution in [2.45, 2.75) is 26.8 Å². The third-order valence-electron chi connectivity index (χ3n) is 3.05. The highest BCUT2D eigenvalue weighted by atomic mass is 79.9. The SMILES string of the molecule is CC(c1ccc(Cl)cc1)N(C)CC(C)(C)CBr. The van der Waals surface area contributed by atoms with E-state index in [9.17, 15) is 0 Å². The van der Waals surface area contributed by atoms with Gasteiger partial charge in [-0.05, 0) is 37.1 Å². The Morgan fingerprint density at radius 1 is 1.29 bits per heavy atom. The Hall–Kier alpha value is -0.0500. The fraction of sp³-hybridized carbons (Fsp3) is 0.571. The van der Waals surface area contributed by atoms with Gasteiger partial charge in [-0.15, -0.1) is 0 Å². The van der Waals surface area contributed by atoms with Gasteiger partial charge in [0.15, 0.2) is 0 Å². The number of benzene rings is 1. The lowest BCUT2D eigenvalue weighted by Gasteiger charge is -2.33. The number of hydrogen-bond acceptors (Lipinski definition) is 1. The largest absolute Gasteiger partial charge is 0.299 e. The summed E-state index contributed by atoms with van der Waals surface area (Å²) in [5, 5.41) is 1.81. The normalized spacial score (nSPS) is 14.1. The molecule has 0 bridgehead atoms. The molecule has 96 valence electrons. The summed E-state index contributed by atoms with van der Waals surface area (Å²) in [5.41, 5.74) is 1.59. The number of rotatable bonds is 5. The van der Waals surface area contributed by atoms with E-state index >= 15 is 0 Å². The van der Waals surface area contributed by atoms with Gasteiger partial charge in [-0.25, -0.2) is 0 Å². The van der Waals surface area contributed by atoms with Gasteiger partial charge >= 0.3 is 0 Å². The number of alkyl halides is 1. The van der Waals surface area contributed by atoms with Gasteiger partial charge < -0.3 is 0 Å². The Morgan fingerprint density at radius 3 is 2.29 bits per heavy atom. The van der Waals surface area contributed by atoms with Gasteiger partial charge in [-0.1, -0.05) is 53.5 Å². The molecule has 0 heterocycles. The zero-order valence-electron chi connectivity index (χ0n) is 11.0. The van der Waals surface area contributed by atoms with Crippen molar-refractivity contribution >= 4 is 27.5 Å². The molecule has 3 heteroatoms. The smallest absolute Gasteiger partial charge is 0.0406 e. The summed E-state index contributed by atoms with van der Waals surface area (Å²) in [5.74, 6) is 0. The first kappa shape index (κ1) is 15.0. The van der Waals surface area contributed by atoms with E-state index in [1.165, 1.54) is 5.56 Å². The first-order valence-corrected chi connectivity index (χ1v) is 7.37. The first-order valence-electron chi connectivity index (χ1n) is 5.87. The molecule has 0 radical (unpaired) electrons. The molecule has 0 fully saturated rings. The molecule has 0 aliphatic rings. The fourth-order valence-electron chi connectivity index (χ4n) is 1.85. The average molecular weight is 319 g/mol. The van der Waals surface area contributed by atoms with E-state index < -0.39 is 0 Å². The molecule has 1 rings (SSSR count). The summed E-state index contributed by atoms with van der Waals surface area (Å²) >= 11 is 9.48. The average Bonchev–Trinajstić information content (AvgIpc) is 2.28. The highest BCUT2D eigenvalue weighted by Gasteiger charge is 2.21. The molecule has 1 nitrogen and oxygen atoms in total. The molecule has 17 heavy (non-hydrogen) atoms. The van der Waals surface area contributed by atoms with E-state index in [4.69, 9.17) is 11.6 Å². The molecule has 0 aliphatic heterocycles. The van der Waals surface area contributed by atoms with Crippen molar-refractivity contribution in [3.05, 3.63) is 34.9 Å². The van der Waals surface area contributed by atoms with Gasteiger partial charge in [-0.3, -0.25) is 4.90 Å². The molecule has 1 atom stereocenters. The molecule has 0 spiro atoms. The molecular formula is C14H21BrClN. The predicted molar refractivity (Wildman–Crippen MR) is 80.1 cm³/mol. The quantitative estimate of drug-likeness (QED) is 0.708. The lowest BCUT2D eigenvalue weighted by Crippen LogP contribution is -2.34. The summed E-state index contributed by atoms with van der Waals surface area (Å²) in [7, 11) is 2.17. The molecule has 1 unspecified atom stereocenters. The Bertz CT molecular complexity index is 348. The first-order chi connectivity index (χ1) is 7.85. The fourth-order valence-corrected chi connectivity index (χ4v) is 2.15. The minimum absolute atomic E-state index is 0.287. The van der Waals surface area contributed by atoms with Crippen LogP contribution >= 0.6 is 27.5 Å². The predicted octanol–water partition coefficient (Wildman–Crippen LogP) is 4.75. The van der Waals surface area contributed by atoms with E-state index in [1.54, 1.807) is 0 Å². The second-order valence-electron chi connectivity index (χ2n) is 5.44. The molecular weight excluding hydrogens is 298 g/mol. The van der Waals surface area contributed by atoms with Crippen LogP contribution in [0.15, 0.2) is 24.3 Å². The topological polar surface area (TPSA) is 3.24 Å². The lowest BCUT2D eigenvalue weighted by atomic mass is 9.94. The van der Waals surface area contributed by atoms with Crippen molar-refractivity contribution in [3.8, 4) is 0 Å². The molecule has 0 aromatic heterocycles. The molecule has 0 amide bonds. The highest BCUT2D eigenvalue weighted by Crippen LogP contribution is 2.26. The summed E-state index contributed by atoms with van der Waals surface area (Å²) in [6, 6.07) is 8.52. The third kappa shape index (κ3) is 4.61. The molecule has 0 aliphatic carbocycles. The number of halogens is 2.